The van der Waals surface area contributed by atoms with Gasteiger partial charge in [-0.25, -0.2) is 4.39 Å². The average molecular weight is 297 g/mol. The molecule has 0 unspecified atom stereocenters. The van der Waals surface area contributed by atoms with Gasteiger partial charge in [-0.05, 0) is 31.0 Å². The lowest BCUT2D eigenvalue weighted by Crippen LogP contribution is -2.28. The van der Waals surface area contributed by atoms with E-state index in [0.717, 1.165) is 0 Å². The predicted octanol–water partition coefficient (Wildman–Crippen LogP) is 2.51. The van der Waals surface area contributed by atoms with Crippen LogP contribution in [0.15, 0.2) is 18.2 Å². The van der Waals surface area contributed by atoms with Crippen LogP contribution >= 0.6 is 0 Å². The first kappa shape index (κ1) is 16.9. The maximum atomic E-state index is 13.3. The van der Waals surface area contributed by atoms with Gasteiger partial charge in [-0.2, -0.15) is 0 Å². The van der Waals surface area contributed by atoms with Crippen LogP contribution in [0.25, 0.3) is 0 Å². The van der Waals surface area contributed by atoms with Gasteiger partial charge in [0.25, 0.3) is 0 Å². The number of benzene rings is 1. The summed E-state index contributed by atoms with van der Waals surface area (Å²) in [6.45, 7) is 3.41. The number of halogens is 1. The molecule has 0 aromatic heterocycles. The van der Waals surface area contributed by atoms with Crippen molar-refractivity contribution in [2.75, 3.05) is 7.11 Å². The number of carbonyl (C=O) groups excluding carboxylic acids is 1. The summed E-state index contributed by atoms with van der Waals surface area (Å²) in [4.78, 5) is 22.4. The Labute approximate surface area is 123 Å². The van der Waals surface area contributed by atoms with Crippen molar-refractivity contribution in [3.63, 3.8) is 0 Å². The average Bonchev–Trinajstić information content (AvgIpc) is 2.37. The Morgan fingerprint density at radius 3 is 2.57 bits per heavy atom. The van der Waals surface area contributed by atoms with Gasteiger partial charge in [0, 0.05) is 18.4 Å². The Kier molecular flexibility index (Phi) is 6.14. The monoisotopic (exact) mass is 297 g/mol. The molecule has 6 heteroatoms. The third kappa shape index (κ3) is 5.41. The number of hydrogen-bond donors (Lipinski definition) is 2. The first-order valence-electron chi connectivity index (χ1n) is 6.68. The number of amides is 1. The van der Waals surface area contributed by atoms with Gasteiger partial charge in [0.05, 0.1) is 13.2 Å². The lowest BCUT2D eigenvalue weighted by Gasteiger charge is -2.18. The van der Waals surface area contributed by atoms with E-state index < -0.39 is 17.8 Å². The van der Waals surface area contributed by atoms with E-state index in [1.54, 1.807) is 13.8 Å². The van der Waals surface area contributed by atoms with E-state index in [1.165, 1.54) is 25.3 Å². The van der Waals surface area contributed by atoms with Crippen LogP contribution in [0.1, 0.15) is 38.3 Å². The number of nitrogens with one attached hydrogen (secondary N) is 1. The molecule has 116 valence electrons. The van der Waals surface area contributed by atoms with Gasteiger partial charge in [0.2, 0.25) is 5.91 Å². The van der Waals surface area contributed by atoms with Crippen LogP contribution in [0.2, 0.25) is 0 Å². The van der Waals surface area contributed by atoms with Crippen molar-refractivity contribution in [2.24, 2.45) is 5.92 Å². The molecule has 2 N–H and O–H groups in total. The van der Waals surface area contributed by atoms with E-state index >= 15 is 0 Å². The van der Waals surface area contributed by atoms with Crippen molar-refractivity contribution in [3.8, 4) is 5.75 Å². The number of ether oxygens (including phenoxy) is 1. The maximum absolute atomic E-state index is 13.3. The molecule has 0 spiro atoms. The second kappa shape index (κ2) is 7.61. The number of aliphatic carboxylic acids is 1. The molecule has 0 bridgehead atoms. The Bertz CT molecular complexity index is 518. The maximum Gasteiger partial charge on any atom is 0.303 e. The summed E-state index contributed by atoms with van der Waals surface area (Å²) in [5.74, 6) is -1.39. The molecule has 5 nitrogen and oxygen atoms in total. The van der Waals surface area contributed by atoms with Gasteiger partial charge < -0.3 is 15.2 Å². The van der Waals surface area contributed by atoms with E-state index in [9.17, 15) is 14.0 Å². The van der Waals surface area contributed by atoms with Gasteiger partial charge in [-0.15, -0.1) is 0 Å². The van der Waals surface area contributed by atoms with Crippen LogP contribution < -0.4 is 10.1 Å². The molecule has 0 aliphatic rings. The van der Waals surface area contributed by atoms with Crippen molar-refractivity contribution in [3.05, 3.63) is 29.6 Å². The Balaban J connectivity index is 2.68. The number of hydrogen-bond acceptors (Lipinski definition) is 3. The lowest BCUT2D eigenvalue weighted by atomic mass is 10.0. The first-order chi connectivity index (χ1) is 9.83. The third-order valence-electron chi connectivity index (χ3n) is 3.09. The zero-order valence-electron chi connectivity index (χ0n) is 12.4. The normalized spacial score (nSPS) is 13.3. The van der Waals surface area contributed by atoms with Gasteiger partial charge >= 0.3 is 5.97 Å². The van der Waals surface area contributed by atoms with E-state index in [2.05, 4.69) is 5.32 Å². The second-order valence-corrected chi connectivity index (χ2v) is 5.08. The third-order valence-corrected chi connectivity index (χ3v) is 3.09. The molecule has 0 saturated carbocycles. The SMILES string of the molecule is COc1ccc(F)cc1[C@@H](C)NC(=O)C[C@H](C)CC(=O)O. The summed E-state index contributed by atoms with van der Waals surface area (Å²) in [7, 11) is 1.47. The van der Waals surface area contributed by atoms with Crippen LogP contribution in [0.3, 0.4) is 0 Å². The van der Waals surface area contributed by atoms with Gasteiger partial charge in [0.1, 0.15) is 11.6 Å². The second-order valence-electron chi connectivity index (χ2n) is 5.08. The van der Waals surface area contributed by atoms with Crippen molar-refractivity contribution in [1.29, 1.82) is 0 Å². The molecule has 0 aliphatic heterocycles. The van der Waals surface area contributed by atoms with Crippen LogP contribution in [0, 0.1) is 11.7 Å². The van der Waals surface area contributed by atoms with Gasteiger partial charge in [-0.1, -0.05) is 6.92 Å². The molecule has 1 rings (SSSR count). The minimum Gasteiger partial charge on any atom is -0.496 e. The summed E-state index contributed by atoms with van der Waals surface area (Å²) >= 11 is 0. The van der Waals surface area contributed by atoms with Crippen LogP contribution in [0.5, 0.6) is 5.75 Å². The zero-order chi connectivity index (χ0) is 16.0. The van der Waals surface area contributed by atoms with E-state index in [0.29, 0.717) is 11.3 Å². The molecule has 0 fully saturated rings. The fraction of sp³-hybridized carbons (Fsp3) is 0.467. The highest BCUT2D eigenvalue weighted by Crippen LogP contribution is 2.26. The lowest BCUT2D eigenvalue weighted by molar-refractivity contribution is -0.138. The molecular formula is C15H20FNO4. The highest BCUT2D eigenvalue weighted by atomic mass is 19.1. The minimum absolute atomic E-state index is 0.0644. The molecular weight excluding hydrogens is 277 g/mol. The van der Waals surface area contributed by atoms with Gasteiger partial charge in [0.15, 0.2) is 0 Å². The highest BCUT2D eigenvalue weighted by molar-refractivity contribution is 5.77. The molecule has 0 aliphatic carbocycles. The molecule has 1 amide bonds. The quantitative estimate of drug-likeness (QED) is 0.811. The van der Waals surface area contributed by atoms with Gasteiger partial charge in [-0.3, -0.25) is 9.59 Å². The summed E-state index contributed by atoms with van der Waals surface area (Å²) in [5.41, 5.74) is 0.539. The highest BCUT2D eigenvalue weighted by Gasteiger charge is 2.17. The molecule has 1 aromatic rings. The Hall–Kier alpha value is -2.11. The topological polar surface area (TPSA) is 75.6 Å². The molecule has 2 atom stereocenters. The van der Waals surface area contributed by atoms with E-state index in [-0.39, 0.29) is 24.7 Å². The summed E-state index contributed by atoms with van der Waals surface area (Å²) in [5, 5.41) is 11.4. The first-order valence-corrected chi connectivity index (χ1v) is 6.68. The summed E-state index contributed by atoms with van der Waals surface area (Å²) in [6, 6.07) is 3.66. The fourth-order valence-electron chi connectivity index (χ4n) is 2.11. The largest absolute Gasteiger partial charge is 0.496 e. The van der Waals surface area contributed by atoms with Crippen LogP contribution in [-0.2, 0) is 9.59 Å². The van der Waals surface area contributed by atoms with Crippen LogP contribution in [-0.4, -0.2) is 24.1 Å². The Morgan fingerprint density at radius 1 is 1.33 bits per heavy atom. The predicted molar refractivity (Wildman–Crippen MR) is 75.5 cm³/mol. The smallest absolute Gasteiger partial charge is 0.303 e. The molecule has 0 saturated heterocycles. The van der Waals surface area contributed by atoms with E-state index in [4.69, 9.17) is 9.84 Å². The Morgan fingerprint density at radius 2 is 2.00 bits per heavy atom. The van der Waals surface area contributed by atoms with Crippen molar-refractivity contribution < 1.29 is 23.8 Å². The summed E-state index contributed by atoms with van der Waals surface area (Å²) < 4.78 is 18.4. The standard InChI is InChI=1S/C15H20FNO4/c1-9(7-15(19)20)6-14(18)17-10(2)12-8-11(16)4-5-13(12)21-3/h4-5,8-10H,6-7H2,1-3H3,(H,17,18)(H,19,20)/t9-,10+/m0/s1. The summed E-state index contributed by atoms with van der Waals surface area (Å²) in [6.07, 6.45) is 0.0410. The van der Waals surface area contributed by atoms with Crippen molar-refractivity contribution in [2.45, 2.75) is 32.7 Å². The molecule has 0 radical (unpaired) electrons. The minimum atomic E-state index is -0.935. The zero-order valence-corrected chi connectivity index (χ0v) is 12.4. The number of carboxylic acids is 1. The van der Waals surface area contributed by atoms with E-state index in [1.807, 2.05) is 0 Å². The molecule has 0 heterocycles. The number of carbonyl (C=O) groups is 2. The van der Waals surface area contributed by atoms with Crippen molar-refractivity contribution in [1.82, 2.24) is 5.32 Å². The number of rotatable bonds is 7. The number of methoxy groups -OCH3 is 1. The molecule has 1 aromatic carbocycles. The molecule has 21 heavy (non-hydrogen) atoms. The fourth-order valence-corrected chi connectivity index (χ4v) is 2.11. The van der Waals surface area contributed by atoms with Crippen LogP contribution in [0.4, 0.5) is 4.39 Å². The number of carboxylic acid groups (broad SMARTS) is 1. The van der Waals surface area contributed by atoms with Crippen molar-refractivity contribution >= 4 is 11.9 Å².